The van der Waals surface area contributed by atoms with Crippen LogP contribution < -0.4 is 11.5 Å². The van der Waals surface area contributed by atoms with E-state index in [0.29, 0.717) is 37.7 Å². The van der Waals surface area contributed by atoms with Crippen LogP contribution in [-0.2, 0) is 14.4 Å². The number of urea groups is 1. The summed E-state index contributed by atoms with van der Waals surface area (Å²) in [6.07, 6.45) is 2.35. The van der Waals surface area contributed by atoms with E-state index in [1.165, 1.54) is 16.1 Å². The first-order valence-electron chi connectivity index (χ1n) is 9.42. The first-order valence-corrected chi connectivity index (χ1v) is 10.5. The van der Waals surface area contributed by atoms with E-state index in [-0.39, 0.29) is 12.5 Å². The maximum atomic E-state index is 12.9. The van der Waals surface area contributed by atoms with Crippen LogP contribution in [0.2, 0.25) is 0 Å². The van der Waals surface area contributed by atoms with Crippen molar-refractivity contribution in [3.05, 3.63) is 0 Å². The number of carbonyl (C=O) groups excluding carboxylic acids is 4. The number of thioether (sulfide) groups is 1. The number of nitrogens with two attached hydrogens (primary N) is 2. The summed E-state index contributed by atoms with van der Waals surface area (Å²) in [4.78, 5) is 57.4. The van der Waals surface area contributed by atoms with Gasteiger partial charge in [0.15, 0.2) is 0 Å². The van der Waals surface area contributed by atoms with Crippen molar-refractivity contribution < 1.29 is 19.2 Å². The fourth-order valence-electron chi connectivity index (χ4n) is 3.84. The number of carbonyl (C=O) groups is 4. The Kier molecular flexibility index (Phi) is 6.23. The lowest BCUT2D eigenvalue weighted by atomic mass is 10.0. The molecule has 3 aliphatic rings. The van der Waals surface area contributed by atoms with E-state index in [0.717, 1.165) is 5.75 Å². The monoisotopic (exact) mass is 410 g/mol. The molecule has 0 aromatic carbocycles. The van der Waals surface area contributed by atoms with Crippen LogP contribution in [-0.4, -0.2) is 93.6 Å². The Labute approximate surface area is 167 Å². The molecule has 154 valence electrons. The molecule has 3 rings (SSSR count). The third-order valence-electron chi connectivity index (χ3n) is 5.32. The highest BCUT2D eigenvalue weighted by atomic mass is 32.2. The summed E-state index contributed by atoms with van der Waals surface area (Å²) in [5, 5.41) is 0.316. The van der Waals surface area contributed by atoms with Crippen LogP contribution in [0, 0.1) is 0 Å². The summed E-state index contributed by atoms with van der Waals surface area (Å²) in [5.74, 6) is -0.662. The summed E-state index contributed by atoms with van der Waals surface area (Å²) in [7, 11) is 0. The molecule has 0 aromatic heterocycles. The van der Waals surface area contributed by atoms with Crippen molar-refractivity contribution in [1.82, 2.24) is 14.7 Å². The quantitative estimate of drug-likeness (QED) is 0.607. The summed E-state index contributed by atoms with van der Waals surface area (Å²) < 4.78 is 0. The highest BCUT2D eigenvalue weighted by Crippen LogP contribution is 2.23. The van der Waals surface area contributed by atoms with Gasteiger partial charge in [-0.3, -0.25) is 19.3 Å². The molecule has 10 nitrogen and oxygen atoms in total. The lowest BCUT2D eigenvalue weighted by Gasteiger charge is -2.35. The number of amides is 5. The van der Waals surface area contributed by atoms with Crippen molar-refractivity contribution in [1.29, 1.82) is 0 Å². The number of primary amides is 1. The van der Waals surface area contributed by atoms with E-state index >= 15 is 0 Å². The number of hydrogen-bond acceptors (Lipinski definition) is 6. The van der Waals surface area contributed by atoms with Gasteiger partial charge in [-0.05, 0) is 12.8 Å². The molecule has 2 fully saturated rings. The van der Waals surface area contributed by atoms with Gasteiger partial charge < -0.3 is 21.3 Å². The fourth-order valence-corrected chi connectivity index (χ4v) is 4.85. The van der Waals surface area contributed by atoms with E-state index in [2.05, 4.69) is 4.99 Å². The van der Waals surface area contributed by atoms with Crippen molar-refractivity contribution in [2.45, 2.75) is 49.6 Å². The van der Waals surface area contributed by atoms with E-state index in [4.69, 9.17) is 11.5 Å². The molecule has 0 radical (unpaired) electrons. The predicted octanol–water partition coefficient (Wildman–Crippen LogP) is -1.02. The number of rotatable bonds is 4. The van der Waals surface area contributed by atoms with Crippen LogP contribution in [0.4, 0.5) is 4.79 Å². The van der Waals surface area contributed by atoms with E-state index < -0.39 is 35.8 Å². The van der Waals surface area contributed by atoms with Crippen molar-refractivity contribution in [2.75, 3.05) is 25.4 Å². The molecule has 28 heavy (non-hydrogen) atoms. The first kappa shape index (κ1) is 20.6. The molecular formula is C17H26N6O4S. The van der Waals surface area contributed by atoms with Gasteiger partial charge in [-0.2, -0.15) is 11.8 Å². The second-order valence-corrected chi connectivity index (χ2v) is 8.90. The largest absolute Gasteiger partial charge is 0.368 e. The highest BCUT2D eigenvalue weighted by molar-refractivity contribution is 7.99. The third-order valence-corrected chi connectivity index (χ3v) is 6.46. The van der Waals surface area contributed by atoms with Gasteiger partial charge >= 0.3 is 6.03 Å². The zero-order valence-corrected chi connectivity index (χ0v) is 16.6. The van der Waals surface area contributed by atoms with Crippen LogP contribution in [0.3, 0.4) is 0 Å². The highest BCUT2D eigenvalue weighted by Gasteiger charge is 2.41. The predicted molar refractivity (Wildman–Crippen MR) is 105 cm³/mol. The Morgan fingerprint density at radius 2 is 2.11 bits per heavy atom. The van der Waals surface area contributed by atoms with E-state index in [1.54, 1.807) is 16.7 Å². The zero-order chi connectivity index (χ0) is 20.4. The van der Waals surface area contributed by atoms with Gasteiger partial charge in [-0.15, -0.1) is 0 Å². The van der Waals surface area contributed by atoms with Gasteiger partial charge in [-0.25, -0.2) is 9.79 Å². The molecule has 4 atom stereocenters. The summed E-state index contributed by atoms with van der Waals surface area (Å²) in [6, 6.07) is -2.91. The van der Waals surface area contributed by atoms with Crippen LogP contribution in [0.15, 0.2) is 4.99 Å². The first-order chi connectivity index (χ1) is 13.3. The second-order valence-electron chi connectivity index (χ2n) is 7.35. The summed E-state index contributed by atoms with van der Waals surface area (Å²) in [5.41, 5.74) is 11.4. The van der Waals surface area contributed by atoms with E-state index in [1.807, 2.05) is 6.92 Å². The minimum atomic E-state index is -1.03. The molecule has 3 heterocycles. The average molecular weight is 411 g/mol. The molecule has 11 heteroatoms. The number of hydrogen-bond donors (Lipinski definition) is 2. The maximum absolute atomic E-state index is 12.9. The summed E-state index contributed by atoms with van der Waals surface area (Å²) >= 11 is 1.79. The lowest BCUT2D eigenvalue weighted by Crippen LogP contribution is -2.55. The standard InChI is InChI=1S/C17H26N6O4S/c1-10-8-21(5-6-28-10)17(27)23-9-20-15(25)13(23)7-11(18)16(26)22-4-2-3-12(22)14(19)24/h9-13H,2-8,18H2,1H3,(H2,19,24)/t10?,11-,12-,13?/m0/s1. The number of nitrogens with zero attached hydrogens (tertiary/aromatic N) is 4. The Morgan fingerprint density at radius 3 is 2.79 bits per heavy atom. The molecule has 2 saturated heterocycles. The number of aliphatic imine (C=N–C) groups is 1. The Balaban J connectivity index is 1.66. The Morgan fingerprint density at radius 1 is 1.36 bits per heavy atom. The van der Waals surface area contributed by atoms with Crippen LogP contribution in [0.1, 0.15) is 26.2 Å². The molecule has 0 aromatic rings. The fraction of sp³-hybridized carbons (Fsp3) is 0.706. The molecule has 0 bridgehead atoms. The number of likely N-dealkylation sites (tertiary alicyclic amines) is 1. The van der Waals surface area contributed by atoms with Crippen molar-refractivity contribution in [2.24, 2.45) is 16.5 Å². The Hall–Kier alpha value is -2.14. The normalized spacial score (nSPS) is 28.7. The molecule has 0 spiro atoms. The van der Waals surface area contributed by atoms with Gasteiger partial charge in [0.05, 0.1) is 6.04 Å². The van der Waals surface area contributed by atoms with Crippen molar-refractivity contribution in [3.8, 4) is 0 Å². The van der Waals surface area contributed by atoms with Crippen LogP contribution in [0.5, 0.6) is 0 Å². The molecule has 3 aliphatic heterocycles. The molecule has 2 unspecified atom stereocenters. The van der Waals surface area contributed by atoms with Gasteiger partial charge in [0.1, 0.15) is 18.4 Å². The van der Waals surface area contributed by atoms with Gasteiger partial charge in [-0.1, -0.05) is 6.92 Å². The van der Waals surface area contributed by atoms with Gasteiger partial charge in [0.25, 0.3) is 5.91 Å². The third kappa shape index (κ3) is 4.14. The average Bonchev–Trinajstić information content (AvgIpc) is 3.28. The minimum absolute atomic E-state index is 0.0521. The van der Waals surface area contributed by atoms with E-state index in [9.17, 15) is 19.2 Å². The van der Waals surface area contributed by atoms with Crippen molar-refractivity contribution in [3.63, 3.8) is 0 Å². The molecule has 4 N–H and O–H groups in total. The molecule has 5 amide bonds. The molecular weight excluding hydrogens is 384 g/mol. The maximum Gasteiger partial charge on any atom is 0.326 e. The van der Waals surface area contributed by atoms with Gasteiger partial charge in [0, 0.05) is 37.1 Å². The second kappa shape index (κ2) is 8.48. The van der Waals surface area contributed by atoms with Gasteiger partial charge in [0.2, 0.25) is 11.8 Å². The smallest absolute Gasteiger partial charge is 0.326 e. The topological polar surface area (TPSA) is 142 Å². The summed E-state index contributed by atoms with van der Waals surface area (Å²) in [6.45, 7) is 3.64. The Bertz CT molecular complexity index is 701. The molecule has 0 saturated carbocycles. The van der Waals surface area contributed by atoms with Crippen LogP contribution in [0.25, 0.3) is 0 Å². The SMILES string of the molecule is CC1CN(C(=O)N2C=NC(=O)C2C[C@H](N)C(=O)N2CCC[C@H]2C(N)=O)CCS1. The van der Waals surface area contributed by atoms with Crippen molar-refractivity contribution >= 4 is 41.9 Å². The minimum Gasteiger partial charge on any atom is -0.368 e. The van der Waals surface area contributed by atoms with Crippen LogP contribution >= 0.6 is 11.8 Å². The molecule has 0 aliphatic carbocycles. The zero-order valence-electron chi connectivity index (χ0n) is 15.8. The lowest BCUT2D eigenvalue weighted by molar-refractivity contribution is -0.138.